The van der Waals surface area contributed by atoms with Crippen molar-refractivity contribution in [1.29, 1.82) is 0 Å². The Morgan fingerprint density at radius 2 is 1.97 bits per heavy atom. The Hall–Kier alpha value is -3.46. The van der Waals surface area contributed by atoms with Crippen LogP contribution in [-0.2, 0) is 20.9 Å². The number of carbonyl (C=O) groups is 2. The lowest BCUT2D eigenvalue weighted by Gasteiger charge is -2.34. The van der Waals surface area contributed by atoms with Crippen molar-refractivity contribution in [1.82, 2.24) is 25.2 Å². The SMILES string of the molecule is COc1cccc([C@H](C(=O)NC2CCCC2)N(C[C@@H]2CCCO2)C(=O)Cn2nnc3ccccc32)c1. The van der Waals surface area contributed by atoms with Crippen LogP contribution in [0.15, 0.2) is 48.5 Å². The van der Waals surface area contributed by atoms with Gasteiger partial charge < -0.3 is 19.7 Å². The van der Waals surface area contributed by atoms with Crippen LogP contribution in [-0.4, -0.2) is 64.1 Å². The number of hydrogen-bond acceptors (Lipinski definition) is 6. The molecule has 2 atom stereocenters. The van der Waals surface area contributed by atoms with Crippen LogP contribution in [0.5, 0.6) is 5.75 Å². The van der Waals surface area contributed by atoms with Gasteiger partial charge in [-0.25, -0.2) is 4.68 Å². The van der Waals surface area contributed by atoms with E-state index in [-0.39, 0.29) is 30.5 Å². The van der Waals surface area contributed by atoms with Crippen LogP contribution < -0.4 is 10.1 Å². The highest BCUT2D eigenvalue weighted by Gasteiger charge is 2.36. The van der Waals surface area contributed by atoms with E-state index >= 15 is 0 Å². The highest BCUT2D eigenvalue weighted by atomic mass is 16.5. The highest BCUT2D eigenvalue weighted by Crippen LogP contribution is 2.29. The van der Waals surface area contributed by atoms with Gasteiger partial charge in [0.15, 0.2) is 0 Å². The van der Waals surface area contributed by atoms with E-state index in [1.807, 2.05) is 48.5 Å². The average molecular weight is 492 g/mol. The lowest BCUT2D eigenvalue weighted by Crippen LogP contribution is -2.49. The van der Waals surface area contributed by atoms with Crippen molar-refractivity contribution in [2.75, 3.05) is 20.3 Å². The first-order valence-electron chi connectivity index (χ1n) is 12.8. The normalized spacial score (nSPS) is 18.9. The predicted molar refractivity (Wildman–Crippen MR) is 134 cm³/mol. The predicted octanol–water partition coefficient (Wildman–Crippen LogP) is 3.25. The van der Waals surface area contributed by atoms with Gasteiger partial charge in [-0.2, -0.15) is 0 Å². The van der Waals surface area contributed by atoms with E-state index in [4.69, 9.17) is 9.47 Å². The topological polar surface area (TPSA) is 98.6 Å². The van der Waals surface area contributed by atoms with Crippen molar-refractivity contribution >= 4 is 22.8 Å². The van der Waals surface area contributed by atoms with Crippen molar-refractivity contribution in [3.63, 3.8) is 0 Å². The summed E-state index contributed by atoms with van der Waals surface area (Å²) in [6, 6.07) is 14.2. The van der Waals surface area contributed by atoms with Gasteiger partial charge in [0.05, 0.1) is 18.7 Å². The van der Waals surface area contributed by atoms with Crippen LogP contribution in [0.25, 0.3) is 11.0 Å². The van der Waals surface area contributed by atoms with Crippen LogP contribution >= 0.6 is 0 Å². The third-order valence-corrected chi connectivity index (χ3v) is 7.12. The molecular weight excluding hydrogens is 458 g/mol. The molecule has 2 amide bonds. The molecule has 2 aliphatic rings. The largest absolute Gasteiger partial charge is 0.497 e. The molecule has 2 aromatic carbocycles. The zero-order valence-corrected chi connectivity index (χ0v) is 20.6. The van der Waals surface area contributed by atoms with Crippen molar-refractivity contribution in [2.24, 2.45) is 0 Å². The molecule has 3 aromatic rings. The molecule has 0 radical (unpaired) electrons. The van der Waals surface area contributed by atoms with Crippen molar-refractivity contribution in [2.45, 2.75) is 63.3 Å². The Bertz CT molecular complexity index is 1200. The number of aromatic nitrogens is 3. The van der Waals surface area contributed by atoms with Crippen LogP contribution in [0, 0.1) is 0 Å². The Kier molecular flexibility index (Phi) is 7.46. The van der Waals surface area contributed by atoms with Gasteiger partial charge in [0, 0.05) is 19.2 Å². The average Bonchev–Trinajstić information content (AvgIpc) is 3.67. The molecular formula is C27H33N5O4. The zero-order chi connectivity index (χ0) is 24.9. The molecule has 5 rings (SSSR count). The van der Waals surface area contributed by atoms with Gasteiger partial charge in [0.2, 0.25) is 11.8 Å². The van der Waals surface area contributed by atoms with E-state index in [1.54, 1.807) is 16.7 Å². The van der Waals surface area contributed by atoms with Crippen molar-refractivity contribution in [3.05, 3.63) is 54.1 Å². The van der Waals surface area contributed by atoms with E-state index < -0.39 is 6.04 Å². The Morgan fingerprint density at radius 3 is 2.75 bits per heavy atom. The summed E-state index contributed by atoms with van der Waals surface area (Å²) in [5, 5.41) is 11.6. The zero-order valence-electron chi connectivity index (χ0n) is 20.6. The molecule has 0 bridgehead atoms. The lowest BCUT2D eigenvalue weighted by atomic mass is 10.0. The molecule has 9 heteroatoms. The summed E-state index contributed by atoms with van der Waals surface area (Å²) >= 11 is 0. The van der Waals surface area contributed by atoms with Crippen LogP contribution in [0.4, 0.5) is 0 Å². The maximum Gasteiger partial charge on any atom is 0.247 e. The van der Waals surface area contributed by atoms with Gasteiger partial charge in [0.25, 0.3) is 0 Å². The molecule has 1 saturated heterocycles. The maximum atomic E-state index is 13.9. The fraction of sp³-hybridized carbons (Fsp3) is 0.481. The molecule has 190 valence electrons. The summed E-state index contributed by atoms with van der Waals surface area (Å²) in [6.45, 7) is 0.967. The number of methoxy groups -OCH3 is 1. The molecule has 0 spiro atoms. The number of ether oxygens (including phenoxy) is 2. The second-order valence-electron chi connectivity index (χ2n) is 9.59. The standard InChI is InChI=1S/C27H33N5O4/c1-35-21-11-6-8-19(16-21)26(27(34)28-20-9-2-3-10-20)31(17-22-12-7-15-36-22)25(33)18-32-24-14-5-4-13-23(24)29-30-32/h4-6,8,11,13-14,16,20,22,26H,2-3,7,9-10,12,15,17-18H2,1H3,(H,28,34)/t22-,26+/m0/s1. The van der Waals surface area contributed by atoms with Gasteiger partial charge in [-0.05, 0) is 55.5 Å². The number of rotatable bonds is 9. The van der Waals surface area contributed by atoms with E-state index in [0.29, 0.717) is 24.5 Å². The first-order valence-corrected chi connectivity index (χ1v) is 12.8. The molecule has 1 aromatic heterocycles. The summed E-state index contributed by atoms with van der Waals surface area (Å²) in [4.78, 5) is 29.4. The molecule has 2 heterocycles. The molecule has 1 aliphatic carbocycles. The quantitative estimate of drug-likeness (QED) is 0.493. The van der Waals surface area contributed by atoms with Crippen molar-refractivity contribution in [3.8, 4) is 5.75 Å². The molecule has 1 saturated carbocycles. The second kappa shape index (κ2) is 11.1. The van der Waals surface area contributed by atoms with Gasteiger partial charge >= 0.3 is 0 Å². The van der Waals surface area contributed by atoms with Crippen LogP contribution in [0.1, 0.15) is 50.1 Å². The molecule has 36 heavy (non-hydrogen) atoms. The fourth-order valence-electron chi connectivity index (χ4n) is 5.25. The molecule has 9 nitrogen and oxygen atoms in total. The highest BCUT2D eigenvalue weighted by molar-refractivity contribution is 5.89. The summed E-state index contributed by atoms with van der Waals surface area (Å²) in [5.41, 5.74) is 2.20. The summed E-state index contributed by atoms with van der Waals surface area (Å²) in [6.07, 6.45) is 5.81. The van der Waals surface area contributed by atoms with Gasteiger partial charge in [0.1, 0.15) is 23.9 Å². The smallest absolute Gasteiger partial charge is 0.247 e. The van der Waals surface area contributed by atoms with Gasteiger partial charge in [-0.1, -0.05) is 42.3 Å². The number of nitrogens with zero attached hydrogens (tertiary/aromatic N) is 4. The van der Waals surface area contributed by atoms with E-state index in [9.17, 15) is 9.59 Å². The lowest BCUT2D eigenvalue weighted by molar-refractivity contribution is -0.143. The van der Waals surface area contributed by atoms with Gasteiger partial charge in [-0.3, -0.25) is 9.59 Å². The number of carbonyl (C=O) groups excluding carboxylic acids is 2. The third kappa shape index (κ3) is 5.36. The summed E-state index contributed by atoms with van der Waals surface area (Å²) in [7, 11) is 1.60. The number of para-hydroxylation sites is 1. The number of fused-ring (bicyclic) bond motifs is 1. The van der Waals surface area contributed by atoms with Gasteiger partial charge in [-0.15, -0.1) is 5.10 Å². The Balaban J connectivity index is 1.49. The first-order chi connectivity index (χ1) is 17.6. The summed E-state index contributed by atoms with van der Waals surface area (Å²) in [5.74, 6) is 0.249. The number of benzene rings is 2. The Morgan fingerprint density at radius 1 is 1.14 bits per heavy atom. The van der Waals surface area contributed by atoms with E-state index in [2.05, 4.69) is 15.6 Å². The molecule has 0 unspecified atom stereocenters. The summed E-state index contributed by atoms with van der Waals surface area (Å²) < 4.78 is 12.9. The van der Waals surface area contributed by atoms with E-state index in [0.717, 1.165) is 49.6 Å². The Labute approximate surface area is 210 Å². The third-order valence-electron chi connectivity index (χ3n) is 7.12. The fourth-order valence-corrected chi connectivity index (χ4v) is 5.25. The first kappa shape index (κ1) is 24.2. The molecule has 1 aliphatic heterocycles. The number of nitrogens with one attached hydrogen (secondary N) is 1. The number of amides is 2. The van der Waals surface area contributed by atoms with Crippen LogP contribution in [0.3, 0.4) is 0 Å². The maximum absolute atomic E-state index is 13.9. The molecule has 2 fully saturated rings. The minimum atomic E-state index is -0.813. The number of hydrogen-bond donors (Lipinski definition) is 1. The minimum absolute atomic E-state index is 0.0234. The monoisotopic (exact) mass is 491 g/mol. The van der Waals surface area contributed by atoms with Crippen molar-refractivity contribution < 1.29 is 19.1 Å². The second-order valence-corrected chi connectivity index (χ2v) is 9.59. The molecule has 1 N–H and O–H groups in total. The van der Waals surface area contributed by atoms with Crippen LogP contribution in [0.2, 0.25) is 0 Å². The van der Waals surface area contributed by atoms with E-state index in [1.165, 1.54) is 0 Å². The minimum Gasteiger partial charge on any atom is -0.497 e.